The van der Waals surface area contributed by atoms with Crippen molar-refractivity contribution in [2.24, 2.45) is 5.73 Å². The Morgan fingerprint density at radius 2 is 2.33 bits per heavy atom. The van der Waals surface area contributed by atoms with Crippen molar-refractivity contribution in [2.75, 3.05) is 13.1 Å². The third kappa shape index (κ3) is 1.59. The number of nitrogens with two attached hydrogens (primary N) is 1. The highest BCUT2D eigenvalue weighted by molar-refractivity contribution is 5.86. The lowest BCUT2D eigenvalue weighted by atomic mass is 9.90. The van der Waals surface area contributed by atoms with Gasteiger partial charge in [0.1, 0.15) is 5.54 Å². The number of hydrogen-bond acceptors (Lipinski definition) is 3. The predicted octanol–water partition coefficient (Wildman–Crippen LogP) is -0.798. The van der Waals surface area contributed by atoms with Crippen LogP contribution < -0.4 is 16.4 Å². The maximum absolute atomic E-state index is 11.1. The van der Waals surface area contributed by atoms with E-state index in [0.717, 1.165) is 6.42 Å². The van der Waals surface area contributed by atoms with Crippen LogP contribution in [0.2, 0.25) is 0 Å². The van der Waals surface area contributed by atoms with Crippen molar-refractivity contribution in [2.45, 2.75) is 31.8 Å². The monoisotopic (exact) mass is 171 g/mol. The first-order valence-corrected chi connectivity index (χ1v) is 4.39. The van der Waals surface area contributed by atoms with Gasteiger partial charge in [-0.1, -0.05) is 6.92 Å². The van der Waals surface area contributed by atoms with Crippen LogP contribution >= 0.6 is 0 Å². The molecule has 1 aliphatic heterocycles. The van der Waals surface area contributed by atoms with E-state index in [-0.39, 0.29) is 5.91 Å². The standard InChI is InChI=1S/C8H17N3O/c1-3-6(2)11-8(7(9)12)4-10-5-8/h6,10-11H,3-5H2,1-2H3,(H2,9,12). The lowest BCUT2D eigenvalue weighted by Gasteiger charge is -2.42. The Morgan fingerprint density at radius 3 is 2.58 bits per heavy atom. The molecule has 0 radical (unpaired) electrons. The molecule has 1 saturated heterocycles. The average Bonchev–Trinajstić information content (AvgIpc) is 1.95. The lowest BCUT2D eigenvalue weighted by Crippen LogP contribution is -2.75. The zero-order valence-electron chi connectivity index (χ0n) is 7.68. The highest BCUT2D eigenvalue weighted by Crippen LogP contribution is 2.11. The Morgan fingerprint density at radius 1 is 1.75 bits per heavy atom. The molecule has 4 heteroatoms. The number of amides is 1. The molecule has 1 atom stereocenters. The molecular formula is C8H17N3O. The van der Waals surface area contributed by atoms with Crippen LogP contribution in [0.3, 0.4) is 0 Å². The largest absolute Gasteiger partial charge is 0.368 e. The Hall–Kier alpha value is -0.610. The topological polar surface area (TPSA) is 67.1 Å². The van der Waals surface area contributed by atoms with Crippen LogP contribution in [0, 0.1) is 0 Å². The van der Waals surface area contributed by atoms with Gasteiger partial charge in [0, 0.05) is 19.1 Å². The molecule has 1 rings (SSSR count). The van der Waals surface area contributed by atoms with Gasteiger partial charge in [0.2, 0.25) is 5.91 Å². The normalized spacial score (nSPS) is 22.8. The lowest BCUT2D eigenvalue weighted by molar-refractivity contribution is -0.126. The van der Waals surface area contributed by atoms with E-state index in [4.69, 9.17) is 5.73 Å². The molecule has 0 aromatic heterocycles. The molecule has 12 heavy (non-hydrogen) atoms. The molecular weight excluding hydrogens is 154 g/mol. The van der Waals surface area contributed by atoms with Crippen LogP contribution in [0.15, 0.2) is 0 Å². The number of hydrogen-bond donors (Lipinski definition) is 3. The summed E-state index contributed by atoms with van der Waals surface area (Å²) in [5.41, 5.74) is 4.82. The fraction of sp³-hybridized carbons (Fsp3) is 0.875. The first-order chi connectivity index (χ1) is 5.60. The van der Waals surface area contributed by atoms with Crippen LogP contribution in [0.25, 0.3) is 0 Å². The molecule has 0 aliphatic carbocycles. The molecule has 1 heterocycles. The molecule has 4 nitrogen and oxygen atoms in total. The van der Waals surface area contributed by atoms with Gasteiger partial charge in [-0.25, -0.2) is 0 Å². The Labute approximate surface area is 72.9 Å². The van der Waals surface area contributed by atoms with E-state index in [9.17, 15) is 4.79 Å². The van der Waals surface area contributed by atoms with E-state index in [2.05, 4.69) is 24.5 Å². The Bertz CT molecular complexity index is 177. The maximum atomic E-state index is 11.1. The summed E-state index contributed by atoms with van der Waals surface area (Å²) in [6, 6.07) is 0.347. The Balaban J connectivity index is 2.50. The number of primary amides is 1. The fourth-order valence-corrected chi connectivity index (χ4v) is 1.30. The fourth-order valence-electron chi connectivity index (χ4n) is 1.30. The van der Waals surface area contributed by atoms with Gasteiger partial charge in [-0.2, -0.15) is 0 Å². The molecule has 0 aromatic carbocycles. The van der Waals surface area contributed by atoms with Crippen molar-refractivity contribution in [1.82, 2.24) is 10.6 Å². The molecule has 4 N–H and O–H groups in total. The molecule has 1 amide bonds. The molecule has 0 bridgehead atoms. The number of rotatable bonds is 4. The zero-order chi connectivity index (χ0) is 9.19. The molecule has 70 valence electrons. The summed E-state index contributed by atoms with van der Waals surface area (Å²) < 4.78 is 0. The van der Waals surface area contributed by atoms with E-state index in [1.165, 1.54) is 0 Å². The SMILES string of the molecule is CCC(C)NC1(C(N)=O)CNC1. The number of nitrogens with one attached hydrogen (secondary N) is 2. The maximum Gasteiger partial charge on any atom is 0.240 e. The van der Waals surface area contributed by atoms with Crippen LogP contribution in [-0.4, -0.2) is 30.6 Å². The highest BCUT2D eigenvalue weighted by Gasteiger charge is 2.43. The van der Waals surface area contributed by atoms with Crippen LogP contribution in [0.1, 0.15) is 20.3 Å². The minimum atomic E-state index is -0.477. The third-order valence-corrected chi connectivity index (χ3v) is 2.46. The number of carbonyl (C=O) groups excluding carboxylic acids is 1. The molecule has 0 aromatic rings. The second-order valence-electron chi connectivity index (χ2n) is 3.50. The van der Waals surface area contributed by atoms with Crippen molar-refractivity contribution in [3.8, 4) is 0 Å². The van der Waals surface area contributed by atoms with Crippen molar-refractivity contribution in [3.05, 3.63) is 0 Å². The summed E-state index contributed by atoms with van der Waals surface area (Å²) in [4.78, 5) is 11.1. The number of carbonyl (C=O) groups is 1. The van der Waals surface area contributed by atoms with Crippen molar-refractivity contribution in [3.63, 3.8) is 0 Å². The van der Waals surface area contributed by atoms with Gasteiger partial charge in [-0.3, -0.25) is 10.1 Å². The van der Waals surface area contributed by atoms with Gasteiger partial charge in [0.25, 0.3) is 0 Å². The van der Waals surface area contributed by atoms with E-state index in [1.54, 1.807) is 0 Å². The quantitative estimate of drug-likeness (QED) is 0.519. The van der Waals surface area contributed by atoms with Gasteiger partial charge in [0.15, 0.2) is 0 Å². The first-order valence-electron chi connectivity index (χ1n) is 4.39. The summed E-state index contributed by atoms with van der Waals surface area (Å²) in [6.07, 6.45) is 1.01. The summed E-state index contributed by atoms with van der Waals surface area (Å²) >= 11 is 0. The van der Waals surface area contributed by atoms with E-state index < -0.39 is 5.54 Å². The van der Waals surface area contributed by atoms with Crippen molar-refractivity contribution in [1.29, 1.82) is 0 Å². The summed E-state index contributed by atoms with van der Waals surface area (Å²) in [6.45, 7) is 5.46. The van der Waals surface area contributed by atoms with E-state index in [0.29, 0.717) is 19.1 Å². The van der Waals surface area contributed by atoms with Gasteiger partial charge in [-0.05, 0) is 13.3 Å². The molecule has 0 spiro atoms. The summed E-state index contributed by atoms with van der Waals surface area (Å²) in [5, 5.41) is 6.29. The average molecular weight is 171 g/mol. The third-order valence-electron chi connectivity index (χ3n) is 2.46. The van der Waals surface area contributed by atoms with Crippen LogP contribution in [0.5, 0.6) is 0 Å². The van der Waals surface area contributed by atoms with Gasteiger partial charge >= 0.3 is 0 Å². The molecule has 1 unspecified atom stereocenters. The zero-order valence-corrected chi connectivity index (χ0v) is 7.68. The second-order valence-corrected chi connectivity index (χ2v) is 3.50. The van der Waals surface area contributed by atoms with E-state index >= 15 is 0 Å². The highest BCUT2D eigenvalue weighted by atomic mass is 16.1. The second kappa shape index (κ2) is 3.41. The summed E-state index contributed by atoms with van der Waals surface area (Å²) in [7, 11) is 0. The van der Waals surface area contributed by atoms with Gasteiger partial charge in [-0.15, -0.1) is 0 Å². The van der Waals surface area contributed by atoms with Crippen molar-refractivity contribution < 1.29 is 4.79 Å². The van der Waals surface area contributed by atoms with Crippen molar-refractivity contribution >= 4 is 5.91 Å². The van der Waals surface area contributed by atoms with Crippen LogP contribution in [-0.2, 0) is 4.79 Å². The molecule has 1 aliphatic rings. The van der Waals surface area contributed by atoms with Crippen LogP contribution in [0.4, 0.5) is 0 Å². The van der Waals surface area contributed by atoms with Gasteiger partial charge in [0.05, 0.1) is 0 Å². The smallest absolute Gasteiger partial charge is 0.240 e. The van der Waals surface area contributed by atoms with Gasteiger partial charge < -0.3 is 11.1 Å². The summed E-state index contributed by atoms with van der Waals surface area (Å²) in [5.74, 6) is -0.249. The predicted molar refractivity (Wildman–Crippen MR) is 47.7 cm³/mol. The first kappa shape index (κ1) is 9.48. The minimum absolute atomic E-state index is 0.249. The molecule has 1 fully saturated rings. The van der Waals surface area contributed by atoms with E-state index in [1.807, 2.05) is 0 Å². The molecule has 0 saturated carbocycles. The Kier molecular flexibility index (Phi) is 2.69. The minimum Gasteiger partial charge on any atom is -0.368 e.